The topological polar surface area (TPSA) is 95.9 Å². The molecule has 3 rings (SSSR count). The largest absolute Gasteiger partial charge is 0.486 e. The molecule has 2 heterocycles. The van der Waals surface area contributed by atoms with Gasteiger partial charge in [-0.3, -0.25) is 9.59 Å². The summed E-state index contributed by atoms with van der Waals surface area (Å²) in [5.74, 6) is -0.165. The van der Waals surface area contributed by atoms with Gasteiger partial charge in [-0.05, 0) is 25.1 Å². The minimum atomic E-state index is -0.683. The van der Waals surface area contributed by atoms with E-state index in [4.69, 9.17) is 14.2 Å². The van der Waals surface area contributed by atoms with E-state index in [0.717, 1.165) is 0 Å². The van der Waals surface area contributed by atoms with E-state index < -0.39 is 18.5 Å². The summed E-state index contributed by atoms with van der Waals surface area (Å²) in [6.45, 7) is 1.89. The van der Waals surface area contributed by atoms with Crippen LogP contribution in [0.3, 0.4) is 0 Å². The van der Waals surface area contributed by atoms with Gasteiger partial charge in [-0.25, -0.2) is 4.79 Å². The van der Waals surface area contributed by atoms with Crippen molar-refractivity contribution in [1.82, 2.24) is 4.57 Å². The number of hydrogen-bond donors (Lipinski definition) is 1. The molecule has 0 atom stereocenters. The highest BCUT2D eigenvalue weighted by atomic mass is 16.6. The average molecular weight is 358 g/mol. The number of hydrogen-bond acceptors (Lipinski definition) is 6. The van der Waals surface area contributed by atoms with Crippen LogP contribution in [0.5, 0.6) is 11.5 Å². The number of nitrogens with one attached hydrogen (secondary N) is 1. The lowest BCUT2D eigenvalue weighted by atomic mass is 10.2. The number of carbonyl (C=O) groups is 3. The number of nitrogens with zero attached hydrogens (tertiary/aromatic N) is 1. The lowest BCUT2D eigenvalue weighted by molar-refractivity contribution is -0.119. The number of ether oxygens (including phenoxy) is 3. The molecule has 8 nitrogen and oxygen atoms in total. The summed E-state index contributed by atoms with van der Waals surface area (Å²) in [7, 11) is 1.62. The van der Waals surface area contributed by atoms with Gasteiger partial charge in [0.05, 0.1) is 0 Å². The molecule has 1 aromatic heterocycles. The predicted molar refractivity (Wildman–Crippen MR) is 91.8 cm³/mol. The van der Waals surface area contributed by atoms with E-state index >= 15 is 0 Å². The second-order valence-electron chi connectivity index (χ2n) is 5.76. The monoisotopic (exact) mass is 358 g/mol. The summed E-state index contributed by atoms with van der Waals surface area (Å²) < 4.78 is 17.3. The lowest BCUT2D eigenvalue weighted by Crippen LogP contribution is -2.22. The first kappa shape index (κ1) is 17.5. The quantitative estimate of drug-likeness (QED) is 0.647. The number of anilines is 1. The Labute approximate surface area is 149 Å². The second kappa shape index (κ2) is 7.30. The van der Waals surface area contributed by atoms with E-state index in [1.54, 1.807) is 25.2 Å². The summed E-state index contributed by atoms with van der Waals surface area (Å²) in [4.78, 5) is 35.4. The van der Waals surface area contributed by atoms with Crippen molar-refractivity contribution in [1.29, 1.82) is 0 Å². The van der Waals surface area contributed by atoms with Crippen molar-refractivity contribution in [2.45, 2.75) is 6.92 Å². The van der Waals surface area contributed by atoms with Crippen LogP contribution in [0.15, 0.2) is 30.5 Å². The fourth-order valence-electron chi connectivity index (χ4n) is 2.48. The number of amides is 1. The van der Waals surface area contributed by atoms with Crippen LogP contribution >= 0.6 is 0 Å². The van der Waals surface area contributed by atoms with Crippen LogP contribution in [0.25, 0.3) is 0 Å². The van der Waals surface area contributed by atoms with Crippen LogP contribution in [0.2, 0.25) is 0 Å². The Hall–Kier alpha value is -3.29. The molecule has 1 aromatic carbocycles. The maximum atomic E-state index is 12.1. The fourth-order valence-corrected chi connectivity index (χ4v) is 2.48. The maximum Gasteiger partial charge on any atom is 0.355 e. The highest BCUT2D eigenvalue weighted by molar-refractivity contribution is 5.99. The number of ketones is 1. The second-order valence-corrected chi connectivity index (χ2v) is 5.76. The van der Waals surface area contributed by atoms with E-state index in [9.17, 15) is 14.4 Å². The van der Waals surface area contributed by atoms with Gasteiger partial charge in [-0.1, -0.05) is 0 Å². The molecule has 1 aliphatic rings. The Morgan fingerprint density at radius 3 is 2.58 bits per heavy atom. The number of benzene rings is 1. The van der Waals surface area contributed by atoms with Crippen LogP contribution in [-0.4, -0.2) is 42.0 Å². The van der Waals surface area contributed by atoms with Crippen molar-refractivity contribution in [2.75, 3.05) is 25.1 Å². The van der Waals surface area contributed by atoms with E-state index in [1.807, 2.05) is 0 Å². The molecule has 0 bridgehead atoms. The summed E-state index contributed by atoms with van der Waals surface area (Å²) in [5.41, 5.74) is 1.11. The minimum Gasteiger partial charge on any atom is -0.486 e. The van der Waals surface area contributed by atoms with Crippen LogP contribution in [0, 0.1) is 0 Å². The molecule has 1 N–H and O–H groups in total. The number of aromatic nitrogens is 1. The van der Waals surface area contributed by atoms with Crippen molar-refractivity contribution in [3.05, 3.63) is 41.7 Å². The van der Waals surface area contributed by atoms with Crippen molar-refractivity contribution in [2.24, 2.45) is 7.05 Å². The van der Waals surface area contributed by atoms with Gasteiger partial charge in [0.15, 0.2) is 23.9 Å². The summed E-state index contributed by atoms with van der Waals surface area (Å²) >= 11 is 0. The smallest absolute Gasteiger partial charge is 0.355 e. The first-order valence-electron chi connectivity index (χ1n) is 7.98. The highest BCUT2D eigenvalue weighted by Gasteiger charge is 2.17. The Morgan fingerprint density at radius 2 is 1.88 bits per heavy atom. The predicted octanol–water partition coefficient (Wildman–Crippen LogP) is 1.79. The molecule has 0 saturated heterocycles. The lowest BCUT2D eigenvalue weighted by Gasteiger charge is -2.19. The maximum absolute atomic E-state index is 12.1. The van der Waals surface area contributed by atoms with Crippen LogP contribution in [0.1, 0.15) is 27.8 Å². The molecule has 1 aliphatic heterocycles. The van der Waals surface area contributed by atoms with E-state index in [1.165, 1.54) is 23.8 Å². The minimum absolute atomic E-state index is 0.156. The van der Waals surface area contributed by atoms with E-state index in [2.05, 4.69) is 5.32 Å². The molecule has 0 spiro atoms. The van der Waals surface area contributed by atoms with Gasteiger partial charge < -0.3 is 24.1 Å². The van der Waals surface area contributed by atoms with E-state index in [0.29, 0.717) is 36.0 Å². The van der Waals surface area contributed by atoms with Crippen molar-refractivity contribution in [3.63, 3.8) is 0 Å². The van der Waals surface area contributed by atoms with Crippen LogP contribution in [-0.2, 0) is 16.6 Å². The first-order valence-corrected chi connectivity index (χ1v) is 7.98. The number of carbonyl (C=O) groups excluding carboxylic acids is 3. The van der Waals surface area contributed by atoms with Gasteiger partial charge in [0.1, 0.15) is 18.9 Å². The summed E-state index contributed by atoms with van der Waals surface area (Å²) in [6.07, 6.45) is 1.54. The Bertz CT molecular complexity index is 871. The van der Waals surface area contributed by atoms with E-state index in [-0.39, 0.29) is 11.5 Å². The third-order valence-corrected chi connectivity index (χ3v) is 3.78. The fraction of sp³-hybridized carbons (Fsp3) is 0.278. The van der Waals surface area contributed by atoms with Gasteiger partial charge >= 0.3 is 5.97 Å². The molecule has 0 aliphatic carbocycles. The Morgan fingerprint density at radius 1 is 1.15 bits per heavy atom. The van der Waals surface area contributed by atoms with Gasteiger partial charge in [-0.15, -0.1) is 0 Å². The van der Waals surface area contributed by atoms with Crippen LogP contribution in [0.4, 0.5) is 5.69 Å². The molecule has 8 heteroatoms. The Balaban J connectivity index is 1.57. The molecule has 0 saturated carbocycles. The normalized spacial score (nSPS) is 12.4. The molecule has 1 amide bonds. The SMILES string of the molecule is CC(=O)c1cc(C(=O)OCC(=O)Nc2ccc3c(c2)OCCO3)n(C)c1. The Kier molecular flexibility index (Phi) is 4.92. The number of esters is 1. The highest BCUT2D eigenvalue weighted by Crippen LogP contribution is 2.32. The molecule has 0 fully saturated rings. The van der Waals surface area contributed by atoms with Crippen molar-refractivity contribution in [3.8, 4) is 11.5 Å². The number of Topliss-reactive ketones (excluding diaryl/α,β-unsaturated/α-hetero) is 1. The third-order valence-electron chi connectivity index (χ3n) is 3.78. The standard InChI is InChI=1S/C18H18N2O6/c1-11(21)12-7-14(20(2)9-12)18(23)26-10-17(22)19-13-3-4-15-16(8-13)25-6-5-24-15/h3-4,7-9H,5-6,10H2,1-2H3,(H,19,22). The zero-order valence-electron chi connectivity index (χ0n) is 14.4. The molecule has 0 unspecified atom stereocenters. The van der Waals surface area contributed by atoms with Gasteiger partial charge in [0, 0.05) is 30.6 Å². The van der Waals surface area contributed by atoms with Crippen molar-refractivity contribution < 1.29 is 28.6 Å². The number of fused-ring (bicyclic) bond motifs is 1. The zero-order chi connectivity index (χ0) is 18.7. The third kappa shape index (κ3) is 3.85. The molecule has 0 radical (unpaired) electrons. The number of aryl methyl sites for hydroxylation is 1. The molecular weight excluding hydrogens is 340 g/mol. The van der Waals surface area contributed by atoms with Crippen LogP contribution < -0.4 is 14.8 Å². The summed E-state index contributed by atoms with van der Waals surface area (Å²) in [6, 6.07) is 6.45. The number of rotatable bonds is 5. The summed E-state index contributed by atoms with van der Waals surface area (Å²) in [5, 5.41) is 2.62. The molecule has 26 heavy (non-hydrogen) atoms. The van der Waals surface area contributed by atoms with Gasteiger partial charge in [0.25, 0.3) is 5.91 Å². The zero-order valence-corrected chi connectivity index (χ0v) is 14.4. The van der Waals surface area contributed by atoms with Gasteiger partial charge in [-0.2, -0.15) is 0 Å². The molecule has 2 aromatic rings. The average Bonchev–Trinajstić information content (AvgIpc) is 3.02. The first-order chi connectivity index (χ1) is 12.4. The van der Waals surface area contributed by atoms with Crippen molar-refractivity contribution >= 4 is 23.3 Å². The molecular formula is C18H18N2O6. The van der Waals surface area contributed by atoms with Gasteiger partial charge in [0.2, 0.25) is 0 Å². The molecule has 136 valence electrons.